The van der Waals surface area contributed by atoms with E-state index < -0.39 is 0 Å². The first-order valence-electron chi connectivity index (χ1n) is 19.8. The molecule has 11 nitrogen and oxygen atoms in total. The van der Waals surface area contributed by atoms with Gasteiger partial charge in [-0.3, -0.25) is 19.4 Å². The van der Waals surface area contributed by atoms with Gasteiger partial charge in [-0.2, -0.15) is 5.10 Å². The van der Waals surface area contributed by atoms with Gasteiger partial charge in [-0.25, -0.2) is 14.1 Å². The van der Waals surface area contributed by atoms with Gasteiger partial charge in [0.15, 0.2) is 5.65 Å². The number of anilines is 1. The molecule has 6 rings (SSSR count). The third-order valence-electron chi connectivity index (χ3n) is 10.7. The van der Waals surface area contributed by atoms with Crippen molar-refractivity contribution in [2.75, 3.05) is 44.7 Å². The summed E-state index contributed by atoms with van der Waals surface area (Å²) < 4.78 is 22.6. The maximum Gasteiger partial charge on any atom is 0.220 e. The molecule has 4 aromatic rings. The number of piperazine rings is 1. The molecule has 12 heteroatoms. The Labute approximate surface area is 319 Å². The van der Waals surface area contributed by atoms with E-state index in [1.807, 2.05) is 29.1 Å². The molecule has 2 saturated heterocycles. The van der Waals surface area contributed by atoms with Crippen LogP contribution in [0.25, 0.3) is 22.2 Å². The Kier molecular flexibility index (Phi) is 13.7. The van der Waals surface area contributed by atoms with Crippen molar-refractivity contribution in [1.29, 1.82) is 0 Å². The third-order valence-corrected chi connectivity index (χ3v) is 10.7. The molecule has 2 aromatic heterocycles. The minimum atomic E-state index is -0.289. The minimum absolute atomic E-state index is 0.116. The lowest BCUT2D eigenvalue weighted by molar-refractivity contribution is -0.122. The number of benzene rings is 2. The molecule has 2 aliphatic heterocycles. The van der Waals surface area contributed by atoms with E-state index in [0.717, 1.165) is 116 Å². The number of aromatic nitrogens is 3. The SMILES string of the molecule is CCc1nc2c(cnn2CC)c(NC2CCOCC2)c1CNC(=O)CCCC(=O)NCc1ccc(F)c(-c2cccc(CN3CCN(C(C)C)CC3)c2)c1. The van der Waals surface area contributed by atoms with Crippen LogP contribution in [0.15, 0.2) is 48.7 Å². The molecule has 0 atom stereocenters. The minimum Gasteiger partial charge on any atom is -0.381 e. The molecule has 2 aromatic carbocycles. The Hall–Kier alpha value is -4.39. The molecular formula is C42H57FN8O3. The summed E-state index contributed by atoms with van der Waals surface area (Å²) in [5, 5.41) is 15.3. The highest BCUT2D eigenvalue weighted by Gasteiger charge is 2.23. The molecule has 3 N–H and O–H groups in total. The summed E-state index contributed by atoms with van der Waals surface area (Å²) in [5.74, 6) is -0.551. The molecule has 2 fully saturated rings. The molecule has 2 aliphatic rings. The van der Waals surface area contributed by atoms with Crippen molar-refractivity contribution < 1.29 is 18.7 Å². The Morgan fingerprint density at radius 2 is 1.69 bits per heavy atom. The van der Waals surface area contributed by atoms with Crippen molar-refractivity contribution in [2.45, 2.75) is 104 Å². The summed E-state index contributed by atoms with van der Waals surface area (Å²) >= 11 is 0. The first-order valence-corrected chi connectivity index (χ1v) is 19.8. The van der Waals surface area contributed by atoms with E-state index in [4.69, 9.17) is 9.72 Å². The average molecular weight is 741 g/mol. The number of amides is 2. The van der Waals surface area contributed by atoms with Crippen LogP contribution in [0.2, 0.25) is 0 Å². The van der Waals surface area contributed by atoms with Gasteiger partial charge in [0.1, 0.15) is 5.82 Å². The number of carbonyl (C=O) groups is 2. The summed E-state index contributed by atoms with van der Waals surface area (Å²) in [6.45, 7) is 16.4. The largest absolute Gasteiger partial charge is 0.381 e. The van der Waals surface area contributed by atoms with E-state index in [1.165, 1.54) is 6.07 Å². The number of hydrogen-bond acceptors (Lipinski definition) is 8. The van der Waals surface area contributed by atoms with Crippen LogP contribution < -0.4 is 16.0 Å². The molecule has 0 aliphatic carbocycles. The lowest BCUT2D eigenvalue weighted by Crippen LogP contribution is -2.48. The maximum atomic E-state index is 15.1. The predicted octanol–water partition coefficient (Wildman–Crippen LogP) is 6.04. The molecule has 4 heterocycles. The van der Waals surface area contributed by atoms with Crippen molar-refractivity contribution in [3.05, 3.63) is 76.9 Å². The fraction of sp³-hybridized carbons (Fsp3) is 0.524. The van der Waals surface area contributed by atoms with Gasteiger partial charge in [0.05, 0.1) is 17.3 Å². The van der Waals surface area contributed by atoms with Crippen LogP contribution in [0.5, 0.6) is 0 Å². The summed E-state index contributed by atoms with van der Waals surface area (Å²) in [4.78, 5) is 35.7. The van der Waals surface area contributed by atoms with Crippen LogP contribution >= 0.6 is 0 Å². The highest BCUT2D eigenvalue weighted by atomic mass is 19.1. The standard InChI is InChI=1S/C42H57FN8O3/c1-5-38-35(41(47-33-15-21-54-22-16-33)36-27-46-51(6-2)42(36)48-38)26-45-40(53)12-8-11-39(52)44-25-30-13-14-37(43)34(24-30)32-10-7-9-31(23-32)28-49-17-19-50(20-18-49)29(3)4/h7,9-10,13-14,23-24,27,29,33H,5-6,8,11-12,15-22,25-26,28H2,1-4H3,(H,44,52)(H,45,53)(H,47,48). The molecule has 0 bridgehead atoms. The van der Waals surface area contributed by atoms with Crippen molar-refractivity contribution >= 4 is 28.5 Å². The zero-order valence-corrected chi connectivity index (χ0v) is 32.4. The van der Waals surface area contributed by atoms with Gasteiger partial charge >= 0.3 is 0 Å². The van der Waals surface area contributed by atoms with Crippen molar-refractivity contribution in [3.63, 3.8) is 0 Å². The zero-order valence-electron chi connectivity index (χ0n) is 32.4. The van der Waals surface area contributed by atoms with E-state index in [9.17, 15) is 9.59 Å². The van der Waals surface area contributed by atoms with Crippen LogP contribution in [-0.2, 0) is 46.9 Å². The molecule has 54 heavy (non-hydrogen) atoms. The van der Waals surface area contributed by atoms with E-state index in [2.05, 4.69) is 70.7 Å². The Balaban J connectivity index is 0.993. The fourth-order valence-corrected chi connectivity index (χ4v) is 7.51. The summed E-state index contributed by atoms with van der Waals surface area (Å²) in [5.41, 5.74) is 7.06. The topological polar surface area (TPSA) is 117 Å². The molecule has 290 valence electrons. The van der Waals surface area contributed by atoms with Gasteiger partial charge in [0, 0.05) is 107 Å². The van der Waals surface area contributed by atoms with Gasteiger partial charge in [-0.05, 0) is 81.3 Å². The second-order valence-electron chi connectivity index (χ2n) is 14.8. The number of aryl methyl sites for hydroxylation is 2. The number of rotatable bonds is 16. The van der Waals surface area contributed by atoms with Gasteiger partial charge in [0.2, 0.25) is 11.8 Å². The predicted molar refractivity (Wildman–Crippen MR) is 211 cm³/mol. The Morgan fingerprint density at radius 3 is 2.39 bits per heavy atom. The Morgan fingerprint density at radius 1 is 0.944 bits per heavy atom. The molecule has 0 radical (unpaired) electrons. The third kappa shape index (κ3) is 10.0. The average Bonchev–Trinajstić information content (AvgIpc) is 3.60. The quantitative estimate of drug-likeness (QED) is 0.127. The summed E-state index contributed by atoms with van der Waals surface area (Å²) in [7, 11) is 0. The van der Waals surface area contributed by atoms with Crippen LogP contribution in [0, 0.1) is 5.82 Å². The number of pyridine rings is 1. The zero-order chi connectivity index (χ0) is 38.0. The molecule has 2 amide bonds. The normalized spacial score (nSPS) is 15.9. The second kappa shape index (κ2) is 18.8. The smallest absolute Gasteiger partial charge is 0.220 e. The van der Waals surface area contributed by atoms with E-state index >= 15 is 4.39 Å². The number of nitrogens with zero attached hydrogens (tertiary/aromatic N) is 5. The molecular weight excluding hydrogens is 684 g/mol. The Bertz CT molecular complexity index is 1880. The number of nitrogens with one attached hydrogen (secondary N) is 3. The number of halogens is 1. The van der Waals surface area contributed by atoms with Crippen LogP contribution in [-0.4, -0.2) is 87.9 Å². The van der Waals surface area contributed by atoms with Crippen molar-refractivity contribution in [1.82, 2.24) is 35.2 Å². The van der Waals surface area contributed by atoms with Crippen molar-refractivity contribution in [2.24, 2.45) is 0 Å². The lowest BCUT2D eigenvalue weighted by atomic mass is 10.00. The van der Waals surface area contributed by atoms with Gasteiger partial charge in [-0.1, -0.05) is 31.2 Å². The van der Waals surface area contributed by atoms with E-state index in [-0.39, 0.29) is 43.1 Å². The fourth-order valence-electron chi connectivity index (χ4n) is 7.51. The van der Waals surface area contributed by atoms with Gasteiger partial charge in [-0.15, -0.1) is 0 Å². The number of hydrogen-bond donors (Lipinski definition) is 3. The monoisotopic (exact) mass is 740 g/mol. The van der Waals surface area contributed by atoms with Gasteiger partial charge < -0.3 is 20.7 Å². The molecule has 0 spiro atoms. The molecule has 0 unspecified atom stereocenters. The summed E-state index contributed by atoms with van der Waals surface area (Å²) in [6.07, 6.45) is 5.26. The van der Waals surface area contributed by atoms with Gasteiger partial charge in [0.25, 0.3) is 0 Å². The first kappa shape index (κ1) is 39.3. The van der Waals surface area contributed by atoms with E-state index in [0.29, 0.717) is 24.6 Å². The lowest BCUT2D eigenvalue weighted by Gasteiger charge is -2.37. The second-order valence-corrected chi connectivity index (χ2v) is 14.8. The van der Waals surface area contributed by atoms with Crippen LogP contribution in [0.3, 0.4) is 0 Å². The first-order chi connectivity index (χ1) is 26.2. The number of fused-ring (bicyclic) bond motifs is 1. The van der Waals surface area contributed by atoms with Crippen LogP contribution in [0.1, 0.15) is 82.2 Å². The number of carbonyl (C=O) groups excluding carboxylic acids is 2. The van der Waals surface area contributed by atoms with Crippen molar-refractivity contribution in [3.8, 4) is 11.1 Å². The van der Waals surface area contributed by atoms with Crippen LogP contribution in [0.4, 0.5) is 10.1 Å². The highest BCUT2D eigenvalue weighted by Crippen LogP contribution is 2.31. The summed E-state index contributed by atoms with van der Waals surface area (Å²) in [6, 6.07) is 13.9. The highest BCUT2D eigenvalue weighted by molar-refractivity contribution is 5.92. The maximum absolute atomic E-state index is 15.1. The number of ether oxygens (including phenoxy) is 1. The van der Waals surface area contributed by atoms with E-state index in [1.54, 1.807) is 6.07 Å². The molecule has 0 saturated carbocycles.